The number of hydrogen-bond acceptors (Lipinski definition) is 3. The number of fused-ring (bicyclic) bond motifs is 2. The Morgan fingerprint density at radius 1 is 1.27 bits per heavy atom. The van der Waals surface area contributed by atoms with Crippen molar-refractivity contribution in [1.29, 1.82) is 0 Å². The van der Waals surface area contributed by atoms with E-state index in [9.17, 15) is 4.79 Å². The monoisotopic (exact) mass is 311 g/mol. The van der Waals surface area contributed by atoms with Gasteiger partial charge in [-0.2, -0.15) is 0 Å². The zero-order valence-electron chi connectivity index (χ0n) is 12.2. The summed E-state index contributed by atoms with van der Waals surface area (Å²) >= 11 is 1.72. The number of benzene rings is 1. The van der Waals surface area contributed by atoms with E-state index in [1.807, 2.05) is 29.6 Å². The van der Waals surface area contributed by atoms with Crippen molar-refractivity contribution in [3.63, 3.8) is 0 Å². The molecule has 0 aliphatic heterocycles. The number of aromatic nitrogens is 2. The fourth-order valence-corrected chi connectivity index (χ4v) is 4.16. The van der Waals surface area contributed by atoms with Crippen molar-refractivity contribution in [3.05, 3.63) is 51.5 Å². The summed E-state index contributed by atoms with van der Waals surface area (Å²) in [6.07, 6.45) is 4.59. The summed E-state index contributed by atoms with van der Waals surface area (Å²) in [7, 11) is 0. The van der Waals surface area contributed by atoms with E-state index in [2.05, 4.69) is 15.3 Å². The zero-order valence-corrected chi connectivity index (χ0v) is 13.0. The highest BCUT2D eigenvalue weighted by atomic mass is 32.1. The largest absolute Gasteiger partial charge is 0.345 e. The van der Waals surface area contributed by atoms with Crippen molar-refractivity contribution >= 4 is 28.3 Å². The molecule has 5 heteroatoms. The number of amides is 1. The Morgan fingerprint density at radius 3 is 3.05 bits per heavy atom. The molecule has 1 aromatic carbocycles. The fraction of sp³-hybridized carbons (Fsp3) is 0.294. The molecule has 1 amide bonds. The van der Waals surface area contributed by atoms with Crippen LogP contribution in [0.25, 0.3) is 11.0 Å². The molecule has 112 valence electrons. The molecule has 0 radical (unpaired) electrons. The van der Waals surface area contributed by atoms with Gasteiger partial charge in [-0.25, -0.2) is 4.98 Å². The average Bonchev–Trinajstić information content (AvgIpc) is 3.16. The molecule has 2 heterocycles. The molecule has 22 heavy (non-hydrogen) atoms. The molecule has 3 aromatic rings. The number of para-hydroxylation sites is 2. The van der Waals surface area contributed by atoms with E-state index in [1.165, 1.54) is 23.3 Å². The number of H-pyrrole nitrogens is 1. The maximum atomic E-state index is 12.4. The summed E-state index contributed by atoms with van der Waals surface area (Å²) in [5, 5.41) is 4.99. The summed E-state index contributed by atoms with van der Waals surface area (Å²) in [4.78, 5) is 21.5. The molecule has 2 N–H and O–H groups in total. The third kappa shape index (κ3) is 2.41. The van der Waals surface area contributed by atoms with Gasteiger partial charge in [0.15, 0.2) is 0 Å². The highest BCUT2D eigenvalue weighted by molar-refractivity contribution is 7.10. The summed E-state index contributed by atoms with van der Waals surface area (Å²) in [5.41, 5.74) is 4.05. The maximum absolute atomic E-state index is 12.4. The van der Waals surface area contributed by atoms with Gasteiger partial charge in [-0.1, -0.05) is 12.1 Å². The van der Waals surface area contributed by atoms with Gasteiger partial charge in [-0.3, -0.25) is 4.79 Å². The third-order valence-electron chi connectivity index (χ3n) is 4.16. The second-order valence-electron chi connectivity index (χ2n) is 5.64. The minimum Gasteiger partial charge on any atom is -0.345 e. The van der Waals surface area contributed by atoms with Gasteiger partial charge in [0, 0.05) is 10.3 Å². The lowest BCUT2D eigenvalue weighted by Crippen LogP contribution is -2.24. The lowest BCUT2D eigenvalue weighted by molar-refractivity contribution is 0.0949. The number of nitrogens with zero attached hydrogens (tertiary/aromatic N) is 1. The van der Waals surface area contributed by atoms with Crippen LogP contribution in [0.2, 0.25) is 0 Å². The minimum absolute atomic E-state index is 0.0138. The molecule has 4 rings (SSSR count). The van der Waals surface area contributed by atoms with Crippen LogP contribution in [-0.2, 0) is 19.4 Å². The lowest BCUT2D eigenvalue weighted by atomic mass is 9.96. The van der Waals surface area contributed by atoms with E-state index in [0.29, 0.717) is 6.54 Å². The topological polar surface area (TPSA) is 57.8 Å². The average molecular weight is 311 g/mol. The molecular weight excluding hydrogens is 294 g/mol. The molecule has 2 aromatic heterocycles. The van der Waals surface area contributed by atoms with Gasteiger partial charge >= 0.3 is 0 Å². The molecule has 1 aliphatic rings. The van der Waals surface area contributed by atoms with Crippen molar-refractivity contribution in [3.8, 4) is 0 Å². The predicted octanol–water partition coefficient (Wildman–Crippen LogP) is 3.43. The molecule has 0 atom stereocenters. The Hall–Kier alpha value is -2.14. The van der Waals surface area contributed by atoms with Crippen molar-refractivity contribution in [2.45, 2.75) is 32.2 Å². The smallest absolute Gasteiger partial charge is 0.252 e. The first kappa shape index (κ1) is 13.5. The first-order valence-corrected chi connectivity index (χ1v) is 8.50. The quantitative estimate of drug-likeness (QED) is 0.778. The molecule has 0 spiro atoms. The Bertz CT molecular complexity index is 800. The van der Waals surface area contributed by atoms with Crippen LogP contribution < -0.4 is 5.32 Å². The Kier molecular flexibility index (Phi) is 3.42. The van der Waals surface area contributed by atoms with E-state index in [4.69, 9.17) is 0 Å². The van der Waals surface area contributed by atoms with Gasteiger partial charge in [-0.15, -0.1) is 11.3 Å². The summed E-state index contributed by atoms with van der Waals surface area (Å²) < 4.78 is 0. The number of imidazole rings is 1. The molecule has 0 bridgehead atoms. The van der Waals surface area contributed by atoms with Crippen LogP contribution in [0.15, 0.2) is 29.6 Å². The lowest BCUT2D eigenvalue weighted by Gasteiger charge is -2.12. The summed E-state index contributed by atoms with van der Waals surface area (Å²) in [6, 6.07) is 7.89. The number of aryl methyl sites for hydroxylation is 1. The Balaban J connectivity index is 1.49. The van der Waals surface area contributed by atoms with Crippen LogP contribution in [-0.4, -0.2) is 15.9 Å². The van der Waals surface area contributed by atoms with Crippen LogP contribution in [0, 0.1) is 0 Å². The third-order valence-corrected chi connectivity index (χ3v) is 5.25. The van der Waals surface area contributed by atoms with Gasteiger partial charge in [-0.05, 0) is 43.4 Å². The second kappa shape index (κ2) is 5.57. The zero-order chi connectivity index (χ0) is 14.9. The summed E-state index contributed by atoms with van der Waals surface area (Å²) in [5.74, 6) is 0.804. The molecular formula is C17H17N3OS. The molecule has 1 aliphatic carbocycles. The van der Waals surface area contributed by atoms with Crippen LogP contribution in [0.5, 0.6) is 0 Å². The van der Waals surface area contributed by atoms with E-state index in [0.717, 1.165) is 35.3 Å². The van der Waals surface area contributed by atoms with Crippen molar-refractivity contribution in [1.82, 2.24) is 15.3 Å². The van der Waals surface area contributed by atoms with E-state index in [1.54, 1.807) is 11.3 Å². The predicted molar refractivity (Wildman–Crippen MR) is 88.2 cm³/mol. The number of rotatable bonds is 3. The SMILES string of the molecule is O=C(NCc1nc2ccccc2[nH]1)c1csc2c1CCCC2. The Labute approximate surface area is 132 Å². The molecule has 0 saturated heterocycles. The van der Waals surface area contributed by atoms with Crippen LogP contribution in [0.1, 0.15) is 39.5 Å². The van der Waals surface area contributed by atoms with Gasteiger partial charge in [0.05, 0.1) is 23.1 Å². The molecule has 0 fully saturated rings. The number of aromatic amines is 1. The van der Waals surface area contributed by atoms with Crippen LogP contribution in [0.4, 0.5) is 0 Å². The highest BCUT2D eigenvalue weighted by Gasteiger charge is 2.20. The van der Waals surface area contributed by atoms with E-state index >= 15 is 0 Å². The number of carbonyl (C=O) groups is 1. The van der Waals surface area contributed by atoms with Crippen molar-refractivity contribution in [2.75, 3.05) is 0 Å². The normalized spacial score (nSPS) is 14.0. The first-order chi connectivity index (χ1) is 10.8. The van der Waals surface area contributed by atoms with Crippen LogP contribution in [0.3, 0.4) is 0 Å². The number of nitrogens with one attached hydrogen (secondary N) is 2. The van der Waals surface area contributed by atoms with Gasteiger partial charge in [0.25, 0.3) is 5.91 Å². The first-order valence-electron chi connectivity index (χ1n) is 7.62. The standard InChI is InChI=1S/C17H17N3OS/c21-17(12-10-22-15-8-4-1-5-11(12)15)18-9-16-19-13-6-2-3-7-14(13)20-16/h2-3,6-7,10H,1,4-5,8-9H2,(H,18,21)(H,19,20). The number of hydrogen-bond donors (Lipinski definition) is 2. The van der Waals surface area contributed by atoms with E-state index in [-0.39, 0.29) is 5.91 Å². The Morgan fingerprint density at radius 2 is 2.14 bits per heavy atom. The van der Waals surface area contributed by atoms with Crippen LogP contribution >= 0.6 is 11.3 Å². The number of thiophene rings is 1. The minimum atomic E-state index is 0.0138. The maximum Gasteiger partial charge on any atom is 0.252 e. The van der Waals surface area contributed by atoms with Gasteiger partial charge in [0.1, 0.15) is 5.82 Å². The van der Waals surface area contributed by atoms with E-state index < -0.39 is 0 Å². The molecule has 0 unspecified atom stereocenters. The number of carbonyl (C=O) groups excluding carboxylic acids is 1. The summed E-state index contributed by atoms with van der Waals surface area (Å²) in [6.45, 7) is 0.429. The molecule has 4 nitrogen and oxygen atoms in total. The van der Waals surface area contributed by atoms with Gasteiger partial charge in [0.2, 0.25) is 0 Å². The fourth-order valence-electron chi connectivity index (χ4n) is 3.03. The van der Waals surface area contributed by atoms with Gasteiger partial charge < -0.3 is 10.3 Å². The van der Waals surface area contributed by atoms with Crippen molar-refractivity contribution in [2.24, 2.45) is 0 Å². The second-order valence-corrected chi connectivity index (χ2v) is 6.61. The van der Waals surface area contributed by atoms with Crippen molar-refractivity contribution < 1.29 is 4.79 Å². The molecule has 0 saturated carbocycles. The highest BCUT2D eigenvalue weighted by Crippen LogP contribution is 2.30.